The summed E-state index contributed by atoms with van der Waals surface area (Å²) in [7, 11) is 0. The molecule has 0 aromatic heterocycles. The Morgan fingerprint density at radius 2 is 1.18 bits per heavy atom. The van der Waals surface area contributed by atoms with Crippen molar-refractivity contribution < 1.29 is 9.59 Å². The SMILES string of the molecule is O=C(NCCc1ccccc1)C(Cc1ccccc1)N(Cc1ccc(Cl)cc1)C(=O)Cc1ccc(Cl)cc1. The van der Waals surface area contributed by atoms with Gasteiger partial charge in [-0.2, -0.15) is 0 Å². The van der Waals surface area contributed by atoms with Crippen LogP contribution in [0.1, 0.15) is 22.3 Å². The molecule has 4 aromatic carbocycles. The van der Waals surface area contributed by atoms with E-state index in [-0.39, 0.29) is 24.8 Å². The molecule has 0 radical (unpaired) electrons. The van der Waals surface area contributed by atoms with Crippen LogP contribution in [-0.4, -0.2) is 29.3 Å². The van der Waals surface area contributed by atoms with Crippen molar-refractivity contribution in [3.05, 3.63) is 141 Å². The third kappa shape index (κ3) is 8.20. The van der Waals surface area contributed by atoms with Gasteiger partial charge in [0.25, 0.3) is 0 Å². The number of carbonyl (C=O) groups excluding carboxylic acids is 2. The third-order valence-corrected chi connectivity index (χ3v) is 6.87. The van der Waals surface area contributed by atoms with Crippen molar-refractivity contribution in [1.29, 1.82) is 0 Å². The van der Waals surface area contributed by atoms with E-state index in [1.807, 2.05) is 84.9 Å². The number of carbonyl (C=O) groups is 2. The van der Waals surface area contributed by atoms with E-state index in [1.54, 1.807) is 29.2 Å². The summed E-state index contributed by atoms with van der Waals surface area (Å²) in [4.78, 5) is 29.2. The van der Waals surface area contributed by atoms with Gasteiger partial charge < -0.3 is 10.2 Å². The van der Waals surface area contributed by atoms with E-state index in [2.05, 4.69) is 5.32 Å². The predicted octanol–water partition coefficient (Wildman–Crippen LogP) is 6.53. The van der Waals surface area contributed by atoms with Crippen molar-refractivity contribution >= 4 is 35.0 Å². The van der Waals surface area contributed by atoms with Gasteiger partial charge in [0.15, 0.2) is 0 Å². The molecule has 0 fully saturated rings. The Kier molecular flexibility index (Phi) is 9.97. The van der Waals surface area contributed by atoms with Crippen molar-refractivity contribution in [1.82, 2.24) is 10.2 Å². The van der Waals surface area contributed by atoms with Gasteiger partial charge in [-0.3, -0.25) is 9.59 Å². The highest BCUT2D eigenvalue weighted by Crippen LogP contribution is 2.19. The summed E-state index contributed by atoms with van der Waals surface area (Å²) < 4.78 is 0. The van der Waals surface area contributed by atoms with Gasteiger partial charge in [-0.25, -0.2) is 0 Å². The minimum Gasteiger partial charge on any atom is -0.354 e. The van der Waals surface area contributed by atoms with Crippen LogP contribution >= 0.6 is 23.2 Å². The number of nitrogens with one attached hydrogen (secondary N) is 1. The van der Waals surface area contributed by atoms with Crippen LogP contribution in [0.2, 0.25) is 10.0 Å². The van der Waals surface area contributed by atoms with Crippen LogP contribution in [0.5, 0.6) is 0 Å². The van der Waals surface area contributed by atoms with E-state index in [1.165, 1.54) is 0 Å². The van der Waals surface area contributed by atoms with Crippen molar-refractivity contribution in [3.8, 4) is 0 Å². The molecular weight excluding hydrogens is 515 g/mol. The van der Waals surface area contributed by atoms with Crippen LogP contribution in [0.4, 0.5) is 0 Å². The average molecular weight is 546 g/mol. The second-order valence-corrected chi connectivity index (χ2v) is 10.1. The largest absolute Gasteiger partial charge is 0.354 e. The lowest BCUT2D eigenvalue weighted by Crippen LogP contribution is -2.51. The number of hydrogen-bond acceptors (Lipinski definition) is 2. The summed E-state index contributed by atoms with van der Waals surface area (Å²) in [6.45, 7) is 0.765. The van der Waals surface area contributed by atoms with Crippen molar-refractivity contribution in [2.75, 3.05) is 6.54 Å². The van der Waals surface area contributed by atoms with E-state index in [9.17, 15) is 9.59 Å². The molecule has 4 aromatic rings. The zero-order valence-corrected chi connectivity index (χ0v) is 22.5. The number of rotatable bonds is 11. The average Bonchev–Trinajstić information content (AvgIpc) is 2.94. The van der Waals surface area contributed by atoms with E-state index in [0.717, 1.165) is 22.3 Å². The maximum absolute atomic E-state index is 13.8. The minimum absolute atomic E-state index is 0.138. The van der Waals surface area contributed by atoms with E-state index >= 15 is 0 Å². The molecule has 1 atom stereocenters. The van der Waals surface area contributed by atoms with Crippen LogP contribution in [0.25, 0.3) is 0 Å². The van der Waals surface area contributed by atoms with Gasteiger partial charge in [0.05, 0.1) is 6.42 Å². The Labute approximate surface area is 234 Å². The van der Waals surface area contributed by atoms with Gasteiger partial charge in [0.1, 0.15) is 6.04 Å². The molecule has 194 valence electrons. The lowest BCUT2D eigenvalue weighted by Gasteiger charge is -2.32. The monoisotopic (exact) mass is 544 g/mol. The fourth-order valence-corrected chi connectivity index (χ4v) is 4.56. The smallest absolute Gasteiger partial charge is 0.243 e. The fraction of sp³-hybridized carbons (Fsp3) is 0.188. The van der Waals surface area contributed by atoms with Gasteiger partial charge in [0.2, 0.25) is 11.8 Å². The fourth-order valence-electron chi connectivity index (χ4n) is 4.31. The Hall–Kier alpha value is -3.60. The lowest BCUT2D eigenvalue weighted by molar-refractivity contribution is -0.140. The first kappa shape index (κ1) is 27.4. The number of amides is 2. The third-order valence-electron chi connectivity index (χ3n) is 6.36. The van der Waals surface area contributed by atoms with E-state index in [4.69, 9.17) is 23.2 Å². The summed E-state index contributed by atoms with van der Waals surface area (Å²) in [5, 5.41) is 4.31. The first-order chi connectivity index (χ1) is 18.5. The Bertz CT molecular complexity index is 1310. The van der Waals surface area contributed by atoms with Crippen LogP contribution in [0.3, 0.4) is 0 Å². The quantitative estimate of drug-likeness (QED) is 0.233. The molecule has 1 N–H and O–H groups in total. The molecule has 0 bridgehead atoms. The summed E-state index contributed by atoms with van der Waals surface area (Å²) in [6, 6.07) is 33.7. The van der Waals surface area contributed by atoms with Gasteiger partial charge in [-0.1, -0.05) is 108 Å². The second-order valence-electron chi connectivity index (χ2n) is 9.18. The molecule has 1 unspecified atom stereocenters. The molecule has 2 amide bonds. The highest BCUT2D eigenvalue weighted by atomic mass is 35.5. The lowest BCUT2D eigenvalue weighted by atomic mass is 10.0. The molecule has 0 spiro atoms. The molecule has 0 aliphatic heterocycles. The highest BCUT2D eigenvalue weighted by molar-refractivity contribution is 6.30. The molecule has 4 rings (SSSR count). The summed E-state index contributed by atoms with van der Waals surface area (Å²) in [5.41, 5.74) is 3.86. The molecule has 0 aliphatic rings. The van der Waals surface area contributed by atoms with Gasteiger partial charge in [-0.05, 0) is 52.9 Å². The highest BCUT2D eigenvalue weighted by Gasteiger charge is 2.30. The molecule has 0 saturated heterocycles. The number of hydrogen-bond donors (Lipinski definition) is 1. The van der Waals surface area contributed by atoms with Crippen molar-refractivity contribution in [3.63, 3.8) is 0 Å². The summed E-state index contributed by atoms with van der Waals surface area (Å²) in [6.07, 6.45) is 1.27. The number of nitrogens with zero attached hydrogens (tertiary/aromatic N) is 1. The maximum atomic E-state index is 13.8. The van der Waals surface area contributed by atoms with Gasteiger partial charge >= 0.3 is 0 Å². The molecular formula is C32H30Cl2N2O2. The van der Waals surface area contributed by atoms with Crippen LogP contribution in [-0.2, 0) is 35.4 Å². The van der Waals surface area contributed by atoms with E-state index in [0.29, 0.717) is 29.4 Å². The Balaban J connectivity index is 1.60. The number of halogens is 2. The summed E-state index contributed by atoms with van der Waals surface area (Å²) in [5.74, 6) is -0.315. The maximum Gasteiger partial charge on any atom is 0.243 e. The molecule has 4 nitrogen and oxygen atoms in total. The van der Waals surface area contributed by atoms with Crippen molar-refractivity contribution in [2.45, 2.75) is 31.8 Å². The first-order valence-corrected chi connectivity index (χ1v) is 13.4. The van der Waals surface area contributed by atoms with Crippen LogP contribution < -0.4 is 5.32 Å². The molecule has 0 saturated carbocycles. The molecule has 38 heavy (non-hydrogen) atoms. The molecule has 0 aliphatic carbocycles. The first-order valence-electron chi connectivity index (χ1n) is 12.6. The molecule has 0 heterocycles. The normalized spacial score (nSPS) is 11.5. The number of benzene rings is 4. The minimum atomic E-state index is -0.691. The van der Waals surface area contributed by atoms with Crippen LogP contribution in [0, 0.1) is 0 Å². The summed E-state index contributed by atoms with van der Waals surface area (Å²) >= 11 is 12.2. The van der Waals surface area contributed by atoms with Crippen molar-refractivity contribution in [2.24, 2.45) is 0 Å². The Morgan fingerprint density at radius 1 is 0.658 bits per heavy atom. The zero-order valence-electron chi connectivity index (χ0n) is 21.0. The predicted molar refractivity (Wildman–Crippen MR) is 154 cm³/mol. The van der Waals surface area contributed by atoms with Crippen LogP contribution in [0.15, 0.2) is 109 Å². The zero-order chi connectivity index (χ0) is 26.7. The molecule has 6 heteroatoms. The van der Waals surface area contributed by atoms with Gasteiger partial charge in [-0.15, -0.1) is 0 Å². The van der Waals surface area contributed by atoms with E-state index < -0.39 is 6.04 Å². The second kappa shape index (κ2) is 13.8. The topological polar surface area (TPSA) is 49.4 Å². The van der Waals surface area contributed by atoms with Gasteiger partial charge in [0, 0.05) is 29.6 Å². The Morgan fingerprint density at radius 3 is 1.76 bits per heavy atom. The standard InChI is InChI=1S/C32H30Cl2N2O2/c33-28-15-11-26(12-16-28)22-31(37)36(23-27-13-17-29(34)18-14-27)30(21-25-9-5-2-6-10-25)32(38)35-20-19-24-7-3-1-4-8-24/h1-18,30H,19-23H2,(H,35,38).